The third-order valence-corrected chi connectivity index (χ3v) is 14.7. The van der Waals surface area contributed by atoms with Crippen molar-refractivity contribution in [3.63, 3.8) is 0 Å². The molecule has 4 atom stereocenters. The molecule has 1 aliphatic heterocycles. The summed E-state index contributed by atoms with van der Waals surface area (Å²) in [7, 11) is 0. The average molecular weight is 753 g/mol. The molecule has 266 valence electrons. The Morgan fingerprint density at radius 1 is 0.482 bits per heavy atom. The summed E-state index contributed by atoms with van der Waals surface area (Å²) in [6.45, 7) is 0. The van der Waals surface area contributed by atoms with Gasteiger partial charge >= 0.3 is 0 Å². The van der Waals surface area contributed by atoms with Crippen LogP contribution in [-0.4, -0.2) is 11.3 Å². The molecular formula is C52H36N2S2. The summed E-state index contributed by atoms with van der Waals surface area (Å²) in [4.78, 5) is 6.52. The number of thioether (sulfide) groups is 1. The molecule has 4 unspecified atom stereocenters. The van der Waals surface area contributed by atoms with Crippen LogP contribution in [0.2, 0.25) is 0 Å². The van der Waals surface area contributed by atoms with Gasteiger partial charge in [-0.05, 0) is 76.2 Å². The van der Waals surface area contributed by atoms with Crippen molar-refractivity contribution in [3.8, 4) is 0 Å². The lowest BCUT2D eigenvalue weighted by Gasteiger charge is -2.41. The summed E-state index contributed by atoms with van der Waals surface area (Å²) in [6, 6.07) is 54.0. The van der Waals surface area contributed by atoms with Gasteiger partial charge in [0, 0.05) is 54.2 Å². The Labute approximate surface area is 335 Å². The first-order chi connectivity index (χ1) is 27.8. The first-order valence-corrected chi connectivity index (χ1v) is 21.2. The molecule has 8 aromatic rings. The number of fused-ring (bicyclic) bond motifs is 6. The van der Waals surface area contributed by atoms with Gasteiger partial charge in [0.2, 0.25) is 0 Å². The number of anilines is 5. The van der Waals surface area contributed by atoms with Crippen LogP contribution in [0.15, 0.2) is 187 Å². The SMILES string of the molecule is C1=CC2Sc3c(cccc3N(c3ccccc3)C3C=Cc4ccc5c(N(c6ccccc6)c6cccc7c6sc6ccccc67)ccc6c5c4C3C=C6)C2C=C1. The van der Waals surface area contributed by atoms with Crippen LogP contribution in [0, 0.1) is 0 Å². The van der Waals surface area contributed by atoms with Crippen molar-refractivity contribution < 1.29 is 0 Å². The first-order valence-electron chi connectivity index (χ1n) is 19.5. The molecule has 4 heteroatoms. The lowest BCUT2D eigenvalue weighted by atomic mass is 9.75. The van der Waals surface area contributed by atoms with Crippen LogP contribution >= 0.6 is 23.1 Å². The van der Waals surface area contributed by atoms with E-state index in [1.54, 1.807) is 0 Å². The molecule has 4 aliphatic rings. The molecule has 2 heterocycles. The molecule has 0 bridgehead atoms. The van der Waals surface area contributed by atoms with E-state index in [1.807, 2.05) is 23.1 Å². The van der Waals surface area contributed by atoms with Crippen molar-refractivity contribution >= 4 is 94.6 Å². The third-order valence-electron chi connectivity index (χ3n) is 12.1. The zero-order valence-corrected chi connectivity index (χ0v) is 32.1. The number of hydrogen-bond donors (Lipinski definition) is 0. The highest BCUT2D eigenvalue weighted by Crippen LogP contribution is 2.55. The monoisotopic (exact) mass is 752 g/mol. The van der Waals surface area contributed by atoms with Crippen molar-refractivity contribution in [3.05, 3.63) is 204 Å². The van der Waals surface area contributed by atoms with Gasteiger partial charge in [0.15, 0.2) is 0 Å². The number of hydrogen-bond acceptors (Lipinski definition) is 4. The van der Waals surface area contributed by atoms with E-state index < -0.39 is 0 Å². The molecule has 12 rings (SSSR count). The number of thiophene rings is 1. The van der Waals surface area contributed by atoms with Gasteiger partial charge in [0.25, 0.3) is 0 Å². The van der Waals surface area contributed by atoms with Crippen molar-refractivity contribution in [2.45, 2.75) is 28.0 Å². The van der Waals surface area contributed by atoms with Crippen LogP contribution in [0.4, 0.5) is 28.4 Å². The molecule has 0 radical (unpaired) electrons. The van der Waals surface area contributed by atoms with Crippen molar-refractivity contribution in [2.24, 2.45) is 0 Å². The first kappa shape index (κ1) is 32.2. The molecule has 0 saturated heterocycles. The number of benzene rings is 7. The number of allylic oxidation sites excluding steroid dienone is 3. The fourth-order valence-corrected chi connectivity index (χ4v) is 12.3. The predicted octanol–water partition coefficient (Wildman–Crippen LogP) is 14.7. The summed E-state index contributed by atoms with van der Waals surface area (Å²) in [5, 5.41) is 5.68. The fraction of sp³-hybridized carbons (Fsp3) is 0.0769. The Bertz CT molecular complexity index is 2990. The average Bonchev–Trinajstić information content (AvgIpc) is 3.84. The molecule has 0 N–H and O–H groups in total. The summed E-state index contributed by atoms with van der Waals surface area (Å²) in [5.74, 6) is 0.563. The van der Waals surface area contributed by atoms with E-state index in [9.17, 15) is 0 Å². The summed E-state index contributed by atoms with van der Waals surface area (Å²) >= 11 is 3.91. The Morgan fingerprint density at radius 3 is 2.11 bits per heavy atom. The van der Waals surface area contributed by atoms with Crippen molar-refractivity contribution in [2.75, 3.05) is 9.80 Å². The standard InChI is InChI=1S/C52H36N2S2/c1-3-13-35(14-4-1)53(45-21-11-19-39-37-17-7-9-23-47(37)55-51(39)45)43-31-27-33-26-30-42-44(32-28-34-25-29-41(43)49(33)50(34)42)54(36-15-5-2-6-16-36)46-22-12-20-40-38-18-8-10-24-48(38)56-52(40)46/h1-32,37,41,43,47H. The molecule has 3 aliphatic carbocycles. The van der Waals surface area contributed by atoms with Gasteiger partial charge in [-0.3, -0.25) is 0 Å². The van der Waals surface area contributed by atoms with E-state index in [0.29, 0.717) is 11.2 Å². The van der Waals surface area contributed by atoms with E-state index >= 15 is 0 Å². The quantitative estimate of drug-likeness (QED) is 0.167. The van der Waals surface area contributed by atoms with Gasteiger partial charge in [0.05, 0.1) is 27.8 Å². The molecule has 0 spiro atoms. The van der Waals surface area contributed by atoms with Gasteiger partial charge in [-0.2, -0.15) is 0 Å². The molecule has 7 aromatic carbocycles. The third kappa shape index (κ3) is 4.82. The van der Waals surface area contributed by atoms with Crippen LogP contribution in [0.25, 0.3) is 43.1 Å². The van der Waals surface area contributed by atoms with Gasteiger partial charge in [-0.25, -0.2) is 0 Å². The Balaban J connectivity index is 1.05. The second kappa shape index (κ2) is 12.7. The number of nitrogens with zero attached hydrogens (tertiary/aromatic N) is 2. The van der Waals surface area contributed by atoms with Crippen molar-refractivity contribution in [1.29, 1.82) is 0 Å². The van der Waals surface area contributed by atoms with Gasteiger partial charge in [0.1, 0.15) is 0 Å². The number of rotatable bonds is 6. The van der Waals surface area contributed by atoms with Crippen LogP contribution in [-0.2, 0) is 0 Å². The second-order valence-electron chi connectivity index (χ2n) is 15.1. The van der Waals surface area contributed by atoms with E-state index in [4.69, 9.17) is 0 Å². The second-order valence-corrected chi connectivity index (χ2v) is 17.3. The van der Waals surface area contributed by atoms with E-state index in [1.165, 1.54) is 80.8 Å². The van der Waals surface area contributed by atoms with Gasteiger partial charge < -0.3 is 9.80 Å². The topological polar surface area (TPSA) is 6.48 Å². The highest BCUT2D eigenvalue weighted by Gasteiger charge is 2.39. The van der Waals surface area contributed by atoms with Crippen molar-refractivity contribution in [1.82, 2.24) is 0 Å². The minimum absolute atomic E-state index is 0.0851. The minimum Gasteiger partial charge on any atom is -0.333 e. The predicted molar refractivity (Wildman–Crippen MR) is 242 cm³/mol. The Hall–Kier alpha value is -6.07. The molecule has 0 saturated carbocycles. The summed E-state index contributed by atoms with van der Waals surface area (Å²) in [6.07, 6.45) is 18.9. The maximum Gasteiger partial charge on any atom is 0.0640 e. The van der Waals surface area contributed by atoms with Crippen LogP contribution in [0.3, 0.4) is 0 Å². The highest BCUT2D eigenvalue weighted by molar-refractivity contribution is 8.00. The zero-order valence-electron chi connectivity index (χ0n) is 30.5. The maximum absolute atomic E-state index is 2.62. The Morgan fingerprint density at radius 2 is 1.21 bits per heavy atom. The van der Waals surface area contributed by atoms with Gasteiger partial charge in [-0.1, -0.05) is 146 Å². The molecule has 1 aromatic heterocycles. The highest BCUT2D eigenvalue weighted by atomic mass is 32.2. The van der Waals surface area contributed by atoms with E-state index in [2.05, 4.69) is 204 Å². The largest absolute Gasteiger partial charge is 0.333 e. The van der Waals surface area contributed by atoms with Crippen LogP contribution in [0.1, 0.15) is 34.1 Å². The minimum atomic E-state index is 0.0851. The molecule has 0 amide bonds. The number of para-hydroxylation sites is 2. The summed E-state index contributed by atoms with van der Waals surface area (Å²) < 4.78 is 2.62. The molecular weight excluding hydrogens is 717 g/mol. The normalized spacial score (nSPS) is 19.8. The lowest BCUT2D eigenvalue weighted by molar-refractivity contribution is 0.690. The lowest BCUT2D eigenvalue weighted by Crippen LogP contribution is -2.37. The molecule has 0 fully saturated rings. The fourth-order valence-electron chi connectivity index (χ4n) is 9.69. The maximum atomic E-state index is 2.62. The Kier molecular flexibility index (Phi) is 7.33. The summed E-state index contributed by atoms with van der Waals surface area (Å²) in [5.41, 5.74) is 11.5. The molecule has 56 heavy (non-hydrogen) atoms. The smallest absolute Gasteiger partial charge is 0.0640 e. The molecule has 2 nitrogen and oxygen atoms in total. The van der Waals surface area contributed by atoms with Crippen LogP contribution in [0.5, 0.6) is 0 Å². The van der Waals surface area contributed by atoms with E-state index in [0.717, 1.165) is 5.69 Å². The van der Waals surface area contributed by atoms with E-state index in [-0.39, 0.29) is 12.0 Å². The van der Waals surface area contributed by atoms with Gasteiger partial charge in [-0.15, -0.1) is 23.1 Å². The van der Waals surface area contributed by atoms with Crippen LogP contribution < -0.4 is 9.80 Å². The zero-order chi connectivity index (χ0) is 36.7.